The fraction of sp³-hybridized carbons (Fsp3) is 0.0909. The molecular formula is C44H28N4O+2. The van der Waals surface area contributed by atoms with Crippen LogP contribution in [0.4, 0.5) is 17.2 Å². The third-order valence-corrected chi connectivity index (χ3v) is 12.1. The number of para-hydroxylation sites is 2. The first-order valence-electron chi connectivity index (χ1n) is 17.1. The minimum Gasteiger partial charge on any atom is -0.404 e. The van der Waals surface area contributed by atoms with E-state index in [0.717, 1.165) is 22.9 Å². The predicted octanol–water partition coefficient (Wildman–Crippen LogP) is 9.15. The predicted molar refractivity (Wildman–Crippen MR) is 191 cm³/mol. The molecule has 5 nitrogen and oxygen atoms in total. The van der Waals surface area contributed by atoms with Gasteiger partial charge in [-0.15, -0.1) is 9.13 Å². The van der Waals surface area contributed by atoms with Crippen LogP contribution in [-0.2, 0) is 11.1 Å². The van der Waals surface area contributed by atoms with Crippen molar-refractivity contribution in [3.63, 3.8) is 0 Å². The molecule has 0 fully saturated rings. The van der Waals surface area contributed by atoms with E-state index in [-0.39, 0.29) is 5.41 Å². The number of hydrogen-bond acceptors (Lipinski definition) is 2. The van der Waals surface area contributed by atoms with Crippen molar-refractivity contribution in [1.29, 1.82) is 0 Å². The number of aromatic nitrogens is 3. The molecule has 5 heteroatoms. The molecule has 0 saturated heterocycles. The van der Waals surface area contributed by atoms with Gasteiger partial charge in [0.1, 0.15) is 16.8 Å². The molecule has 0 amide bonds. The maximum atomic E-state index is 7.11. The topological polar surface area (TPSA) is 25.2 Å². The summed E-state index contributed by atoms with van der Waals surface area (Å²) in [5.74, 6) is 3.00. The quantitative estimate of drug-likeness (QED) is 0.170. The lowest BCUT2D eigenvalue weighted by Gasteiger charge is -2.44. The summed E-state index contributed by atoms with van der Waals surface area (Å²) in [4.78, 5) is 2.56. The van der Waals surface area contributed by atoms with E-state index in [1.165, 1.54) is 78.2 Å². The molecule has 228 valence electrons. The molecule has 1 spiro atoms. The van der Waals surface area contributed by atoms with Crippen molar-refractivity contribution in [3.05, 3.63) is 156 Å². The highest BCUT2D eigenvalue weighted by Crippen LogP contribution is 2.62. The van der Waals surface area contributed by atoms with Crippen LogP contribution in [0.15, 0.2) is 133 Å². The highest BCUT2D eigenvalue weighted by Gasteiger charge is 2.73. The first-order chi connectivity index (χ1) is 24.1. The van der Waals surface area contributed by atoms with Crippen LogP contribution in [-0.4, -0.2) is 4.57 Å². The van der Waals surface area contributed by atoms with Crippen molar-refractivity contribution in [2.24, 2.45) is 0 Å². The summed E-state index contributed by atoms with van der Waals surface area (Å²) in [7, 11) is 0. The van der Waals surface area contributed by atoms with Gasteiger partial charge in [-0.1, -0.05) is 86.6 Å². The monoisotopic (exact) mass is 628 g/mol. The zero-order valence-electron chi connectivity index (χ0n) is 26.9. The summed E-state index contributed by atoms with van der Waals surface area (Å²) in [6.45, 7) is 4.77. The highest BCUT2D eigenvalue weighted by molar-refractivity contribution is 6.12. The molecule has 13 rings (SSSR count). The van der Waals surface area contributed by atoms with Crippen LogP contribution >= 0.6 is 0 Å². The van der Waals surface area contributed by atoms with Crippen molar-refractivity contribution in [1.82, 2.24) is 4.57 Å². The Balaban J connectivity index is 1.31. The summed E-state index contributed by atoms with van der Waals surface area (Å²) < 4.78 is 14.8. The molecule has 0 saturated carbocycles. The van der Waals surface area contributed by atoms with Crippen LogP contribution in [0.2, 0.25) is 0 Å². The molecule has 0 N–H and O–H groups in total. The zero-order valence-corrected chi connectivity index (χ0v) is 26.9. The molecule has 5 aliphatic heterocycles. The molecule has 0 bridgehead atoms. The molecule has 5 aliphatic rings. The summed E-state index contributed by atoms with van der Waals surface area (Å²) in [5, 5.41) is 2.51. The van der Waals surface area contributed by atoms with Gasteiger partial charge >= 0.3 is 11.5 Å². The number of hydrogen-bond donors (Lipinski definition) is 0. The fourth-order valence-electron chi connectivity index (χ4n) is 10.2. The lowest BCUT2D eigenvalue weighted by Crippen LogP contribution is -2.76. The molecule has 3 aromatic heterocycles. The average molecular weight is 629 g/mol. The van der Waals surface area contributed by atoms with E-state index >= 15 is 0 Å². The second-order valence-electron chi connectivity index (χ2n) is 14.6. The van der Waals surface area contributed by atoms with Crippen LogP contribution < -0.4 is 18.8 Å². The zero-order chi connectivity index (χ0) is 32.0. The SMILES string of the molecule is CC1(C)c2ccccc2N2c3cccc4c3C35c6c(ccc7c8ccccc8n-4c67)Oc4cc(-c6ccccc6)cc([n+]43)-c3ccc1c2[n+]35. The van der Waals surface area contributed by atoms with Crippen LogP contribution in [0.1, 0.15) is 36.1 Å². The third-order valence-electron chi connectivity index (χ3n) is 12.1. The Morgan fingerprint density at radius 2 is 1.37 bits per heavy atom. The number of anilines is 3. The Hall–Kier alpha value is -6.20. The van der Waals surface area contributed by atoms with E-state index in [2.05, 4.69) is 166 Å². The summed E-state index contributed by atoms with van der Waals surface area (Å²) in [6, 6.07) is 49.3. The number of fused-ring (bicyclic) bond motifs is 8. The van der Waals surface area contributed by atoms with Crippen molar-refractivity contribution in [2.75, 3.05) is 4.90 Å². The third kappa shape index (κ3) is 2.47. The van der Waals surface area contributed by atoms with Crippen LogP contribution in [0.3, 0.4) is 0 Å². The minimum absolute atomic E-state index is 0.211. The Labute approximate surface area is 282 Å². The Morgan fingerprint density at radius 1 is 0.571 bits per heavy atom. The maximum Gasteiger partial charge on any atom is 0.379 e. The van der Waals surface area contributed by atoms with Gasteiger partial charge in [-0.2, -0.15) is 4.90 Å². The van der Waals surface area contributed by atoms with Gasteiger partial charge in [-0.05, 0) is 59.7 Å². The molecular weight excluding hydrogens is 601 g/mol. The van der Waals surface area contributed by atoms with Crippen molar-refractivity contribution in [3.8, 4) is 39.8 Å². The van der Waals surface area contributed by atoms with Crippen molar-refractivity contribution < 1.29 is 13.9 Å². The summed E-state index contributed by atoms with van der Waals surface area (Å²) >= 11 is 0. The molecule has 8 aromatic rings. The van der Waals surface area contributed by atoms with Crippen LogP contribution in [0.25, 0.3) is 50.0 Å². The van der Waals surface area contributed by atoms with E-state index in [1.807, 2.05) is 0 Å². The molecule has 8 heterocycles. The number of pyridine rings is 2. The first kappa shape index (κ1) is 24.9. The van der Waals surface area contributed by atoms with Crippen LogP contribution in [0, 0.1) is 0 Å². The number of rotatable bonds is 1. The highest BCUT2D eigenvalue weighted by atomic mass is 16.5. The maximum absolute atomic E-state index is 7.11. The van der Waals surface area contributed by atoms with Gasteiger partial charge in [0.2, 0.25) is 5.69 Å². The van der Waals surface area contributed by atoms with Gasteiger partial charge in [0, 0.05) is 27.8 Å². The second kappa shape index (κ2) is 7.74. The van der Waals surface area contributed by atoms with Gasteiger partial charge < -0.3 is 9.30 Å². The molecule has 1 unspecified atom stereocenters. The number of nitrogens with zero attached hydrogens (tertiary/aromatic N) is 4. The van der Waals surface area contributed by atoms with Crippen molar-refractivity contribution in [2.45, 2.75) is 24.9 Å². The van der Waals surface area contributed by atoms with E-state index in [0.29, 0.717) is 0 Å². The molecule has 5 aromatic carbocycles. The average Bonchev–Trinajstić information content (AvgIpc) is 3.64. The van der Waals surface area contributed by atoms with Gasteiger partial charge in [0.15, 0.2) is 11.4 Å². The lowest BCUT2D eigenvalue weighted by atomic mass is 9.72. The van der Waals surface area contributed by atoms with E-state index in [9.17, 15) is 0 Å². The second-order valence-corrected chi connectivity index (χ2v) is 14.6. The van der Waals surface area contributed by atoms with Gasteiger partial charge in [0.05, 0.1) is 28.4 Å². The standard InChI is InChI=1S/C44H28N4O/c1-43(2)29-14-7-9-16-32(29)46-35-18-10-17-34-39(35)44-40-37(22-19-28-27-13-6-8-15-31(27)45(34)41(28)40)49-38-24-26(25-11-4-3-5-12-25)23-36(47(38)44)33-21-20-30(43)42(46)48(33)44/h3-24H,1-2H3/q+2. The summed E-state index contributed by atoms with van der Waals surface area (Å²) in [6.07, 6.45) is 0. The summed E-state index contributed by atoms with van der Waals surface area (Å²) in [5.41, 5.74) is 15.0. The Bertz CT molecular complexity index is 2900. The smallest absolute Gasteiger partial charge is 0.379 e. The largest absolute Gasteiger partial charge is 0.404 e. The number of ether oxygens (including phenoxy) is 1. The molecule has 0 aliphatic carbocycles. The Kier molecular flexibility index (Phi) is 3.93. The molecule has 49 heavy (non-hydrogen) atoms. The fourth-order valence-corrected chi connectivity index (χ4v) is 10.2. The van der Waals surface area contributed by atoms with Gasteiger partial charge in [-0.25, -0.2) is 0 Å². The van der Waals surface area contributed by atoms with Crippen LogP contribution in [0.5, 0.6) is 11.6 Å². The minimum atomic E-state index is -0.692. The lowest BCUT2D eigenvalue weighted by molar-refractivity contribution is -0.936. The van der Waals surface area contributed by atoms with E-state index in [1.54, 1.807) is 0 Å². The number of benzene rings is 5. The first-order valence-corrected chi connectivity index (χ1v) is 17.1. The van der Waals surface area contributed by atoms with E-state index in [4.69, 9.17) is 4.74 Å². The van der Waals surface area contributed by atoms with Gasteiger partial charge in [-0.3, -0.25) is 0 Å². The van der Waals surface area contributed by atoms with Crippen molar-refractivity contribution >= 4 is 39.0 Å². The Morgan fingerprint density at radius 3 is 2.29 bits per heavy atom. The normalized spacial score (nSPS) is 18.4. The molecule has 0 radical (unpaired) electrons. The van der Waals surface area contributed by atoms with Gasteiger partial charge in [0.25, 0.3) is 11.5 Å². The molecule has 1 atom stereocenters. The van der Waals surface area contributed by atoms with E-state index < -0.39 is 5.66 Å².